The molecule has 0 bridgehead atoms. The number of aromatic nitrogens is 3. The zero-order chi connectivity index (χ0) is 15.4. The third kappa shape index (κ3) is 2.74. The highest BCUT2D eigenvalue weighted by molar-refractivity contribution is 5.92. The number of aromatic amines is 1. The van der Waals surface area contributed by atoms with E-state index in [1.807, 2.05) is 30.3 Å². The third-order valence-electron chi connectivity index (χ3n) is 3.20. The van der Waals surface area contributed by atoms with Gasteiger partial charge in [0.2, 0.25) is 0 Å². The van der Waals surface area contributed by atoms with E-state index in [4.69, 9.17) is 0 Å². The van der Waals surface area contributed by atoms with E-state index < -0.39 is 6.04 Å². The molecule has 0 aliphatic heterocycles. The van der Waals surface area contributed by atoms with Crippen molar-refractivity contribution in [3.05, 3.63) is 72.3 Å². The van der Waals surface area contributed by atoms with Gasteiger partial charge in [-0.1, -0.05) is 18.2 Å². The van der Waals surface area contributed by atoms with Gasteiger partial charge in [-0.2, -0.15) is 10.4 Å². The third-order valence-corrected chi connectivity index (χ3v) is 3.20. The number of H-pyrrole nitrogens is 1. The number of para-hydroxylation sites is 1. The molecule has 1 unspecified atom stereocenters. The number of nitrogens with zero attached hydrogens (tertiary/aromatic N) is 3. The molecule has 1 atom stereocenters. The van der Waals surface area contributed by atoms with Crippen molar-refractivity contribution < 1.29 is 4.79 Å². The van der Waals surface area contributed by atoms with Crippen LogP contribution in [0.5, 0.6) is 0 Å². The van der Waals surface area contributed by atoms with Crippen LogP contribution in [0, 0.1) is 11.3 Å². The molecule has 2 aromatic heterocycles. The monoisotopic (exact) mass is 291 g/mol. The van der Waals surface area contributed by atoms with Gasteiger partial charge in [0.05, 0.1) is 18.0 Å². The van der Waals surface area contributed by atoms with Crippen molar-refractivity contribution in [1.82, 2.24) is 20.1 Å². The summed E-state index contributed by atoms with van der Waals surface area (Å²) < 4.78 is 1.67. The summed E-state index contributed by atoms with van der Waals surface area (Å²) in [6, 6.07) is 14.3. The summed E-state index contributed by atoms with van der Waals surface area (Å²) in [4.78, 5) is 14.8. The summed E-state index contributed by atoms with van der Waals surface area (Å²) in [7, 11) is 0. The first-order valence-corrected chi connectivity index (χ1v) is 6.72. The van der Waals surface area contributed by atoms with Gasteiger partial charge in [-0.3, -0.25) is 4.79 Å². The van der Waals surface area contributed by atoms with Crippen molar-refractivity contribution >= 4 is 5.91 Å². The van der Waals surface area contributed by atoms with Gasteiger partial charge in [0.25, 0.3) is 5.91 Å². The lowest BCUT2D eigenvalue weighted by atomic mass is 10.2. The van der Waals surface area contributed by atoms with Crippen molar-refractivity contribution in [3.63, 3.8) is 0 Å². The SMILES string of the molecule is N#CC(NC(=O)c1ccc[nH]1)c1cnn(-c2ccccc2)c1. The molecule has 2 heterocycles. The summed E-state index contributed by atoms with van der Waals surface area (Å²) in [6.07, 6.45) is 4.97. The number of carbonyl (C=O) groups is 1. The van der Waals surface area contributed by atoms with E-state index in [-0.39, 0.29) is 5.91 Å². The topological polar surface area (TPSA) is 86.5 Å². The Bertz CT molecular complexity index is 799. The maximum absolute atomic E-state index is 12.0. The number of hydrogen-bond acceptors (Lipinski definition) is 3. The molecule has 1 aromatic carbocycles. The molecule has 0 aliphatic carbocycles. The molecule has 0 aliphatic rings. The lowest BCUT2D eigenvalue weighted by Crippen LogP contribution is -2.27. The first-order chi connectivity index (χ1) is 10.8. The molecule has 6 nitrogen and oxygen atoms in total. The minimum Gasteiger partial charge on any atom is -0.357 e. The summed E-state index contributed by atoms with van der Waals surface area (Å²) in [5.74, 6) is -0.330. The fourth-order valence-electron chi connectivity index (χ4n) is 2.08. The van der Waals surface area contributed by atoms with Crippen LogP contribution < -0.4 is 5.32 Å². The van der Waals surface area contributed by atoms with Gasteiger partial charge < -0.3 is 10.3 Å². The molecule has 3 aromatic rings. The highest BCUT2D eigenvalue weighted by atomic mass is 16.1. The molecule has 108 valence electrons. The molecule has 3 rings (SSSR count). The number of benzene rings is 1. The van der Waals surface area contributed by atoms with Crippen molar-refractivity contribution in [3.8, 4) is 11.8 Å². The second-order valence-corrected chi connectivity index (χ2v) is 4.67. The minimum absolute atomic E-state index is 0.330. The Labute approximate surface area is 127 Å². The Kier molecular flexibility index (Phi) is 3.70. The van der Waals surface area contributed by atoms with Crippen LogP contribution in [0.1, 0.15) is 22.1 Å². The van der Waals surface area contributed by atoms with Crippen LogP contribution in [0.25, 0.3) is 5.69 Å². The smallest absolute Gasteiger partial charge is 0.268 e. The predicted octanol–water partition coefficient (Wildman–Crippen LogP) is 2.20. The lowest BCUT2D eigenvalue weighted by Gasteiger charge is -2.08. The molecule has 6 heteroatoms. The number of nitrogens with one attached hydrogen (secondary N) is 2. The number of amides is 1. The fraction of sp³-hybridized carbons (Fsp3) is 0.0625. The van der Waals surface area contributed by atoms with E-state index in [1.165, 1.54) is 0 Å². The molecule has 0 radical (unpaired) electrons. The number of rotatable bonds is 4. The highest BCUT2D eigenvalue weighted by Gasteiger charge is 2.17. The fourth-order valence-corrected chi connectivity index (χ4v) is 2.08. The van der Waals surface area contributed by atoms with E-state index in [0.29, 0.717) is 11.3 Å². The summed E-state index contributed by atoms with van der Waals surface area (Å²) in [5, 5.41) is 16.2. The van der Waals surface area contributed by atoms with Gasteiger partial charge >= 0.3 is 0 Å². The van der Waals surface area contributed by atoms with Crippen molar-refractivity contribution in [2.45, 2.75) is 6.04 Å². The number of nitriles is 1. The Morgan fingerprint density at radius 1 is 1.27 bits per heavy atom. The van der Waals surface area contributed by atoms with Crippen molar-refractivity contribution in [2.24, 2.45) is 0 Å². The number of carbonyl (C=O) groups excluding carboxylic acids is 1. The Morgan fingerprint density at radius 2 is 2.09 bits per heavy atom. The van der Waals surface area contributed by atoms with Gasteiger partial charge in [0.15, 0.2) is 0 Å². The van der Waals surface area contributed by atoms with Gasteiger partial charge in [-0.25, -0.2) is 4.68 Å². The van der Waals surface area contributed by atoms with Crippen LogP contribution in [0.2, 0.25) is 0 Å². The van der Waals surface area contributed by atoms with E-state index in [1.54, 1.807) is 35.4 Å². The van der Waals surface area contributed by atoms with Crippen LogP contribution >= 0.6 is 0 Å². The van der Waals surface area contributed by atoms with Crippen molar-refractivity contribution in [1.29, 1.82) is 5.26 Å². The lowest BCUT2D eigenvalue weighted by molar-refractivity contribution is 0.0941. The molecule has 2 N–H and O–H groups in total. The van der Waals surface area contributed by atoms with E-state index in [9.17, 15) is 10.1 Å². The molecule has 22 heavy (non-hydrogen) atoms. The van der Waals surface area contributed by atoms with Crippen LogP contribution in [-0.4, -0.2) is 20.7 Å². The first-order valence-electron chi connectivity index (χ1n) is 6.72. The number of hydrogen-bond donors (Lipinski definition) is 2. The summed E-state index contributed by atoms with van der Waals surface area (Å²) >= 11 is 0. The largest absolute Gasteiger partial charge is 0.357 e. The van der Waals surface area contributed by atoms with Gasteiger partial charge in [0.1, 0.15) is 11.7 Å². The maximum Gasteiger partial charge on any atom is 0.268 e. The Hall–Kier alpha value is -3.33. The van der Waals surface area contributed by atoms with E-state index in [0.717, 1.165) is 5.69 Å². The van der Waals surface area contributed by atoms with Gasteiger partial charge in [0, 0.05) is 18.0 Å². The molecular formula is C16H13N5O. The van der Waals surface area contributed by atoms with Gasteiger partial charge in [-0.15, -0.1) is 0 Å². The normalized spacial score (nSPS) is 11.6. The predicted molar refractivity (Wildman–Crippen MR) is 80.2 cm³/mol. The molecule has 0 spiro atoms. The standard InChI is InChI=1S/C16H13N5O/c17-9-15(20-16(22)14-7-4-8-18-14)12-10-19-21(11-12)13-5-2-1-3-6-13/h1-8,10-11,15,18H,(H,20,22). The van der Waals surface area contributed by atoms with E-state index >= 15 is 0 Å². The first kappa shape index (κ1) is 13.6. The Balaban J connectivity index is 1.79. The van der Waals surface area contributed by atoms with Crippen molar-refractivity contribution in [2.75, 3.05) is 0 Å². The summed E-state index contributed by atoms with van der Waals surface area (Å²) in [5.41, 5.74) is 1.93. The molecule has 0 fully saturated rings. The zero-order valence-electron chi connectivity index (χ0n) is 11.6. The molecule has 0 saturated heterocycles. The van der Waals surface area contributed by atoms with Crippen LogP contribution in [-0.2, 0) is 0 Å². The van der Waals surface area contributed by atoms with Crippen LogP contribution in [0.15, 0.2) is 61.1 Å². The van der Waals surface area contributed by atoms with Gasteiger partial charge in [-0.05, 0) is 24.3 Å². The Morgan fingerprint density at radius 3 is 2.77 bits per heavy atom. The average molecular weight is 291 g/mol. The minimum atomic E-state index is -0.756. The second kappa shape index (κ2) is 5.97. The highest BCUT2D eigenvalue weighted by Crippen LogP contribution is 2.14. The summed E-state index contributed by atoms with van der Waals surface area (Å²) in [6.45, 7) is 0. The quantitative estimate of drug-likeness (QED) is 0.772. The molecule has 0 saturated carbocycles. The van der Waals surface area contributed by atoms with E-state index in [2.05, 4.69) is 21.5 Å². The molecular weight excluding hydrogens is 278 g/mol. The average Bonchev–Trinajstić information content (AvgIpc) is 3.24. The van der Waals surface area contributed by atoms with Crippen LogP contribution in [0.4, 0.5) is 0 Å². The molecule has 1 amide bonds. The second-order valence-electron chi connectivity index (χ2n) is 4.67. The maximum atomic E-state index is 12.0. The van der Waals surface area contributed by atoms with Crippen LogP contribution in [0.3, 0.4) is 0 Å². The zero-order valence-corrected chi connectivity index (χ0v) is 11.6.